The minimum atomic E-state index is -0.476. The summed E-state index contributed by atoms with van der Waals surface area (Å²) >= 11 is 6.74. The zero-order chi connectivity index (χ0) is 28.9. The summed E-state index contributed by atoms with van der Waals surface area (Å²) < 4.78 is 15.5. The number of aromatic nitrogens is 4. The molecule has 8 nitrogen and oxygen atoms in total. The standard InChI is InChI=1S/C31H26ClFN8/c1-19(2)41-18-28(39-40-41)30(21-8-10-23(33)11-9-21)37-24-14-25-29(22(16-35)17-36-31(25)26(32)15-24)38-27(12-13-34)20-6-4-3-5-7-20/h3-11,14-15,17-19,27,30,37H,12H2,1-2H3,(H,36,38)/t27-,30+/m1/s1. The van der Waals surface area contributed by atoms with Gasteiger partial charge >= 0.3 is 0 Å². The number of anilines is 2. The van der Waals surface area contributed by atoms with E-state index in [2.05, 4.69) is 38.1 Å². The van der Waals surface area contributed by atoms with Crippen molar-refractivity contribution >= 4 is 33.9 Å². The molecular formula is C31H26ClFN8. The van der Waals surface area contributed by atoms with Crippen molar-refractivity contribution in [3.63, 3.8) is 0 Å². The average Bonchev–Trinajstić information content (AvgIpc) is 3.47. The summed E-state index contributed by atoms with van der Waals surface area (Å²) in [6, 6.07) is 23.1. The number of nitrogens with zero attached hydrogens (tertiary/aromatic N) is 6. The van der Waals surface area contributed by atoms with Crippen LogP contribution in [0.5, 0.6) is 0 Å². The largest absolute Gasteiger partial charge is 0.376 e. The number of benzene rings is 3. The van der Waals surface area contributed by atoms with Crippen LogP contribution in [0.2, 0.25) is 5.02 Å². The molecule has 0 amide bonds. The maximum Gasteiger partial charge on any atom is 0.123 e. The third-order valence-electron chi connectivity index (χ3n) is 6.73. The van der Waals surface area contributed by atoms with E-state index >= 15 is 0 Å². The van der Waals surface area contributed by atoms with Gasteiger partial charge in [0.15, 0.2) is 0 Å². The predicted octanol–water partition coefficient (Wildman–Crippen LogP) is 7.34. The maximum absolute atomic E-state index is 13.8. The van der Waals surface area contributed by atoms with Crippen LogP contribution >= 0.6 is 11.6 Å². The third-order valence-corrected chi connectivity index (χ3v) is 7.02. The molecule has 0 unspecified atom stereocenters. The molecular weight excluding hydrogens is 539 g/mol. The van der Waals surface area contributed by atoms with Gasteiger partial charge in [0.1, 0.15) is 17.6 Å². The van der Waals surface area contributed by atoms with Crippen molar-refractivity contribution < 1.29 is 4.39 Å². The second-order valence-electron chi connectivity index (χ2n) is 9.83. The Morgan fingerprint density at radius 1 is 1.00 bits per heavy atom. The normalized spacial score (nSPS) is 12.5. The van der Waals surface area contributed by atoms with Gasteiger partial charge in [0.25, 0.3) is 0 Å². The molecule has 2 aromatic heterocycles. The molecule has 5 aromatic rings. The first kappa shape index (κ1) is 27.6. The number of hydrogen-bond acceptors (Lipinski definition) is 7. The van der Waals surface area contributed by atoms with E-state index in [4.69, 9.17) is 11.6 Å². The molecule has 0 saturated carbocycles. The molecule has 0 aliphatic heterocycles. The van der Waals surface area contributed by atoms with Crippen LogP contribution in [0.4, 0.5) is 15.8 Å². The minimum absolute atomic E-state index is 0.107. The summed E-state index contributed by atoms with van der Waals surface area (Å²) in [7, 11) is 0. The van der Waals surface area contributed by atoms with E-state index in [9.17, 15) is 14.9 Å². The summed E-state index contributed by atoms with van der Waals surface area (Å²) in [4.78, 5) is 4.45. The second kappa shape index (κ2) is 12.0. The molecule has 0 radical (unpaired) electrons. The summed E-state index contributed by atoms with van der Waals surface area (Å²) in [6.07, 6.45) is 3.51. The van der Waals surface area contributed by atoms with Gasteiger partial charge in [-0.15, -0.1) is 5.10 Å². The van der Waals surface area contributed by atoms with Gasteiger partial charge in [0, 0.05) is 23.3 Å². The summed E-state index contributed by atoms with van der Waals surface area (Å²) in [5.41, 5.74) is 4.31. The fourth-order valence-corrected chi connectivity index (χ4v) is 4.88. The molecule has 204 valence electrons. The van der Waals surface area contributed by atoms with Crippen molar-refractivity contribution in [2.24, 2.45) is 0 Å². The highest BCUT2D eigenvalue weighted by Crippen LogP contribution is 2.37. The first-order valence-electron chi connectivity index (χ1n) is 13.0. The molecule has 10 heteroatoms. The molecule has 0 spiro atoms. The quantitative estimate of drug-likeness (QED) is 0.192. The van der Waals surface area contributed by atoms with Crippen molar-refractivity contribution in [3.8, 4) is 12.1 Å². The van der Waals surface area contributed by atoms with Crippen molar-refractivity contribution in [1.82, 2.24) is 20.0 Å². The van der Waals surface area contributed by atoms with Gasteiger partial charge in [-0.3, -0.25) is 4.98 Å². The van der Waals surface area contributed by atoms with E-state index in [1.807, 2.05) is 56.4 Å². The van der Waals surface area contributed by atoms with Crippen molar-refractivity contribution in [3.05, 3.63) is 112 Å². The van der Waals surface area contributed by atoms with Crippen LogP contribution in [0, 0.1) is 28.5 Å². The monoisotopic (exact) mass is 564 g/mol. The number of halogens is 2. The van der Waals surface area contributed by atoms with E-state index in [-0.39, 0.29) is 24.3 Å². The molecule has 0 fully saturated rings. The van der Waals surface area contributed by atoms with Crippen LogP contribution < -0.4 is 10.6 Å². The first-order chi connectivity index (χ1) is 19.9. The lowest BCUT2D eigenvalue weighted by Crippen LogP contribution is -2.14. The first-order valence-corrected chi connectivity index (χ1v) is 13.4. The number of pyridine rings is 1. The maximum atomic E-state index is 13.8. The molecule has 0 saturated heterocycles. The fraction of sp³-hybridized carbons (Fsp3) is 0.194. The third kappa shape index (κ3) is 5.96. The fourth-order valence-electron chi connectivity index (χ4n) is 4.61. The molecule has 2 atom stereocenters. The molecule has 0 aliphatic carbocycles. The average molecular weight is 565 g/mol. The summed E-state index contributed by atoms with van der Waals surface area (Å²) in [5.74, 6) is -0.344. The SMILES string of the molecule is CC(C)n1cc([C@@H](Nc2cc(Cl)c3ncc(C#N)c(N[C@H](CC#N)c4ccccc4)c3c2)c2ccc(F)cc2)nn1. The number of hydrogen-bond donors (Lipinski definition) is 2. The van der Waals surface area contributed by atoms with E-state index in [1.165, 1.54) is 18.3 Å². The van der Waals surface area contributed by atoms with Gasteiger partial charge in [-0.1, -0.05) is 59.3 Å². The number of nitriles is 2. The molecule has 2 heterocycles. The molecule has 5 rings (SSSR count). The topological polar surface area (TPSA) is 115 Å². The zero-order valence-corrected chi connectivity index (χ0v) is 23.1. The highest BCUT2D eigenvalue weighted by Gasteiger charge is 2.22. The van der Waals surface area contributed by atoms with Gasteiger partial charge in [0.2, 0.25) is 0 Å². The van der Waals surface area contributed by atoms with Crippen molar-refractivity contribution in [2.75, 3.05) is 10.6 Å². The Kier molecular flexibility index (Phi) is 8.09. The van der Waals surface area contributed by atoms with Crippen molar-refractivity contribution in [2.45, 2.75) is 38.4 Å². The van der Waals surface area contributed by atoms with Gasteiger partial charge < -0.3 is 10.6 Å². The second-order valence-corrected chi connectivity index (χ2v) is 10.2. The smallest absolute Gasteiger partial charge is 0.123 e. The lowest BCUT2D eigenvalue weighted by Gasteiger charge is -2.22. The Bertz CT molecular complexity index is 1750. The molecule has 2 N–H and O–H groups in total. The number of rotatable bonds is 9. The Labute approximate surface area is 242 Å². The highest BCUT2D eigenvalue weighted by atomic mass is 35.5. The molecule has 0 bridgehead atoms. The summed E-state index contributed by atoms with van der Waals surface area (Å²) in [6.45, 7) is 4.01. The highest BCUT2D eigenvalue weighted by molar-refractivity contribution is 6.35. The Morgan fingerprint density at radius 2 is 1.76 bits per heavy atom. The van der Waals surface area contributed by atoms with Crippen LogP contribution in [0.1, 0.15) is 60.8 Å². The zero-order valence-electron chi connectivity index (χ0n) is 22.4. The van der Waals surface area contributed by atoms with E-state index < -0.39 is 6.04 Å². The summed E-state index contributed by atoms with van der Waals surface area (Å²) in [5, 5.41) is 36.0. The number of nitrogens with one attached hydrogen (secondary N) is 2. The van der Waals surface area contributed by atoms with Crippen LogP contribution in [0.15, 0.2) is 79.1 Å². The van der Waals surface area contributed by atoms with E-state index in [1.54, 1.807) is 22.9 Å². The van der Waals surface area contributed by atoms with E-state index in [0.29, 0.717) is 38.6 Å². The molecule has 41 heavy (non-hydrogen) atoms. The van der Waals surface area contributed by atoms with E-state index in [0.717, 1.165) is 11.1 Å². The van der Waals surface area contributed by atoms with Crippen LogP contribution in [-0.2, 0) is 0 Å². The molecule has 0 aliphatic rings. The molecule has 3 aromatic carbocycles. The lowest BCUT2D eigenvalue weighted by molar-refractivity contribution is 0.514. The minimum Gasteiger partial charge on any atom is -0.376 e. The number of fused-ring (bicyclic) bond motifs is 1. The Balaban J connectivity index is 1.61. The predicted molar refractivity (Wildman–Crippen MR) is 157 cm³/mol. The van der Waals surface area contributed by atoms with Crippen LogP contribution in [0.25, 0.3) is 10.9 Å². The van der Waals surface area contributed by atoms with Crippen LogP contribution in [-0.4, -0.2) is 20.0 Å². The van der Waals surface area contributed by atoms with Gasteiger partial charge in [-0.05, 0) is 49.2 Å². The van der Waals surface area contributed by atoms with Crippen LogP contribution in [0.3, 0.4) is 0 Å². The Hall–Kier alpha value is -4.99. The Morgan fingerprint density at radius 3 is 2.41 bits per heavy atom. The van der Waals surface area contributed by atoms with Crippen molar-refractivity contribution in [1.29, 1.82) is 10.5 Å². The van der Waals surface area contributed by atoms with Gasteiger partial charge in [-0.2, -0.15) is 10.5 Å². The lowest BCUT2D eigenvalue weighted by atomic mass is 10.0. The van der Waals surface area contributed by atoms with Gasteiger partial charge in [-0.25, -0.2) is 9.07 Å². The van der Waals surface area contributed by atoms with Gasteiger partial charge in [0.05, 0.1) is 52.6 Å².